The van der Waals surface area contributed by atoms with Crippen LogP contribution in [0, 0.1) is 6.92 Å². The molecule has 0 atom stereocenters. The van der Waals surface area contributed by atoms with E-state index in [1.807, 2.05) is 36.1 Å². The van der Waals surface area contributed by atoms with E-state index in [2.05, 4.69) is 15.5 Å². The molecule has 0 bridgehead atoms. The van der Waals surface area contributed by atoms with E-state index >= 15 is 0 Å². The van der Waals surface area contributed by atoms with E-state index < -0.39 is 5.54 Å². The number of nitrogens with one attached hydrogen (secondary N) is 1. The van der Waals surface area contributed by atoms with Gasteiger partial charge in [0.2, 0.25) is 11.0 Å². The minimum atomic E-state index is -0.405. The largest absolute Gasteiger partial charge is 0.328 e. The summed E-state index contributed by atoms with van der Waals surface area (Å²) in [5.41, 5.74) is 1.43. The summed E-state index contributed by atoms with van der Waals surface area (Å²) < 4.78 is 0. The topological polar surface area (TPSA) is 75.2 Å². The first-order valence-corrected chi connectivity index (χ1v) is 9.89. The Balaban J connectivity index is 1.56. The molecule has 1 N–H and O–H groups in total. The summed E-state index contributed by atoms with van der Waals surface area (Å²) in [7, 11) is 0. The second kappa shape index (κ2) is 6.79. The number of fused-ring (bicyclic) bond motifs is 1. The number of anilines is 1. The van der Waals surface area contributed by atoms with Crippen molar-refractivity contribution in [1.82, 2.24) is 15.1 Å². The number of carbonyl (C=O) groups excluding carboxylic acids is 2. The second-order valence-corrected chi connectivity index (χ2v) is 8.37. The van der Waals surface area contributed by atoms with Crippen molar-refractivity contribution in [1.29, 1.82) is 0 Å². The zero-order valence-electron chi connectivity index (χ0n) is 14.8. The smallest absolute Gasteiger partial charge is 0.254 e. The predicted molar refractivity (Wildman–Crippen MR) is 100 cm³/mol. The average Bonchev–Trinajstić information content (AvgIpc) is 3.19. The molecule has 0 saturated heterocycles. The van der Waals surface area contributed by atoms with Crippen LogP contribution < -0.4 is 5.32 Å². The Labute approximate surface area is 156 Å². The van der Waals surface area contributed by atoms with Gasteiger partial charge in [-0.15, -0.1) is 10.2 Å². The molecule has 2 heterocycles. The molecule has 4 rings (SSSR count). The van der Waals surface area contributed by atoms with Crippen LogP contribution in [0.5, 0.6) is 0 Å². The van der Waals surface area contributed by atoms with Gasteiger partial charge >= 0.3 is 0 Å². The number of aromatic nitrogens is 2. The van der Waals surface area contributed by atoms with E-state index in [1.165, 1.54) is 11.3 Å². The number of nitrogens with zero attached hydrogens (tertiary/aromatic N) is 3. The number of carbonyl (C=O) groups is 2. The summed E-state index contributed by atoms with van der Waals surface area (Å²) in [5.74, 6) is -0.0335. The Kier molecular flexibility index (Phi) is 4.48. The number of hydrogen-bond donors (Lipinski definition) is 1. The summed E-state index contributed by atoms with van der Waals surface area (Å²) in [4.78, 5) is 27.7. The standard InChI is InChI=1S/C19H22N4O2S/c1-13-21-22-18(26-13)20-16(24)11-19(9-5-2-6-10-19)23-12-14-7-3-4-8-15(14)17(23)25/h3-4,7-8H,2,5-6,9-12H2,1H3,(H,20,22,24). The molecule has 1 aromatic heterocycles. The van der Waals surface area contributed by atoms with Gasteiger partial charge in [-0.3, -0.25) is 9.59 Å². The number of hydrogen-bond acceptors (Lipinski definition) is 5. The van der Waals surface area contributed by atoms with Crippen molar-refractivity contribution < 1.29 is 9.59 Å². The summed E-state index contributed by atoms with van der Waals surface area (Å²) in [6.07, 6.45) is 5.31. The first-order chi connectivity index (χ1) is 12.6. The quantitative estimate of drug-likeness (QED) is 0.893. The lowest BCUT2D eigenvalue weighted by atomic mass is 9.77. The van der Waals surface area contributed by atoms with Crippen LogP contribution in [0.1, 0.15) is 59.5 Å². The van der Waals surface area contributed by atoms with Crippen LogP contribution in [0.15, 0.2) is 24.3 Å². The zero-order valence-corrected chi connectivity index (χ0v) is 15.6. The fourth-order valence-corrected chi connectivity index (χ4v) is 4.81. The molecule has 2 aromatic rings. The van der Waals surface area contributed by atoms with Gasteiger partial charge in [-0.2, -0.15) is 0 Å². The third-order valence-electron chi connectivity index (χ3n) is 5.44. The molecule has 1 fully saturated rings. The maximum absolute atomic E-state index is 13.0. The number of aryl methyl sites for hydroxylation is 1. The third-order valence-corrected chi connectivity index (χ3v) is 6.19. The molecule has 1 saturated carbocycles. The fraction of sp³-hybridized carbons (Fsp3) is 0.474. The van der Waals surface area contributed by atoms with E-state index in [1.54, 1.807) is 0 Å². The van der Waals surface area contributed by atoms with Crippen molar-refractivity contribution in [3.05, 3.63) is 40.4 Å². The van der Waals surface area contributed by atoms with Crippen molar-refractivity contribution in [2.45, 2.75) is 57.5 Å². The van der Waals surface area contributed by atoms with Gasteiger partial charge in [-0.05, 0) is 31.4 Å². The van der Waals surface area contributed by atoms with Gasteiger partial charge in [0.05, 0.1) is 12.0 Å². The fourth-order valence-electron chi connectivity index (χ4n) is 4.20. The van der Waals surface area contributed by atoms with Crippen LogP contribution in [-0.2, 0) is 11.3 Å². The molecule has 0 radical (unpaired) electrons. The zero-order chi connectivity index (χ0) is 18.1. The summed E-state index contributed by atoms with van der Waals surface area (Å²) >= 11 is 1.36. The summed E-state index contributed by atoms with van der Waals surface area (Å²) in [5, 5.41) is 12.1. The van der Waals surface area contributed by atoms with Crippen molar-refractivity contribution in [3.8, 4) is 0 Å². The van der Waals surface area contributed by atoms with E-state index in [-0.39, 0.29) is 11.8 Å². The predicted octanol–water partition coefficient (Wildman–Crippen LogP) is 3.53. The van der Waals surface area contributed by atoms with Gasteiger partial charge in [-0.25, -0.2) is 0 Å². The number of benzene rings is 1. The third kappa shape index (κ3) is 3.11. The average molecular weight is 370 g/mol. The molecular weight excluding hydrogens is 348 g/mol. The highest BCUT2D eigenvalue weighted by Gasteiger charge is 2.45. The molecule has 2 aliphatic rings. The van der Waals surface area contributed by atoms with Crippen LogP contribution in [0.2, 0.25) is 0 Å². The maximum Gasteiger partial charge on any atom is 0.254 e. The lowest BCUT2D eigenvalue weighted by molar-refractivity contribution is -0.119. The molecule has 2 amide bonds. The minimum absolute atomic E-state index is 0.0575. The van der Waals surface area contributed by atoms with E-state index in [9.17, 15) is 9.59 Å². The minimum Gasteiger partial charge on any atom is -0.328 e. The van der Waals surface area contributed by atoms with Crippen LogP contribution in [0.25, 0.3) is 0 Å². The van der Waals surface area contributed by atoms with Gasteiger partial charge in [0.25, 0.3) is 5.91 Å². The summed E-state index contributed by atoms with van der Waals surface area (Å²) in [6.45, 7) is 2.45. The molecule has 0 unspecified atom stereocenters. The maximum atomic E-state index is 13.0. The van der Waals surface area contributed by atoms with Crippen LogP contribution in [0.3, 0.4) is 0 Å². The molecule has 6 nitrogen and oxygen atoms in total. The van der Waals surface area contributed by atoms with Crippen LogP contribution >= 0.6 is 11.3 Å². The van der Waals surface area contributed by atoms with Gasteiger partial charge < -0.3 is 10.2 Å². The Morgan fingerprint density at radius 3 is 2.69 bits per heavy atom. The highest BCUT2D eigenvalue weighted by molar-refractivity contribution is 7.15. The Hall–Kier alpha value is -2.28. The molecular formula is C19H22N4O2S. The number of amides is 2. The normalized spacial score (nSPS) is 18.7. The lowest BCUT2D eigenvalue weighted by Gasteiger charge is -2.44. The van der Waals surface area contributed by atoms with Crippen LogP contribution in [-0.4, -0.2) is 32.5 Å². The van der Waals surface area contributed by atoms with Crippen molar-refractivity contribution in [2.24, 2.45) is 0 Å². The molecule has 1 aliphatic carbocycles. The molecule has 7 heteroatoms. The molecule has 0 spiro atoms. The van der Waals surface area contributed by atoms with E-state index in [4.69, 9.17) is 0 Å². The number of rotatable bonds is 4. The van der Waals surface area contributed by atoms with Gasteiger partial charge in [0.1, 0.15) is 5.01 Å². The molecule has 1 aliphatic heterocycles. The Bertz CT molecular complexity index is 842. The SMILES string of the molecule is Cc1nnc(NC(=O)CC2(N3Cc4ccccc4C3=O)CCCCC2)s1. The highest BCUT2D eigenvalue weighted by Crippen LogP contribution is 2.41. The highest BCUT2D eigenvalue weighted by atomic mass is 32.1. The van der Waals surface area contributed by atoms with Gasteiger partial charge in [-0.1, -0.05) is 48.8 Å². The molecule has 26 heavy (non-hydrogen) atoms. The molecule has 136 valence electrons. The Morgan fingerprint density at radius 1 is 1.23 bits per heavy atom. The van der Waals surface area contributed by atoms with Crippen molar-refractivity contribution in [3.63, 3.8) is 0 Å². The second-order valence-electron chi connectivity index (χ2n) is 7.18. The first kappa shape index (κ1) is 17.1. The summed E-state index contributed by atoms with van der Waals surface area (Å²) in [6, 6.07) is 7.76. The van der Waals surface area contributed by atoms with Crippen molar-refractivity contribution >= 4 is 28.3 Å². The van der Waals surface area contributed by atoms with E-state index in [0.717, 1.165) is 48.2 Å². The van der Waals surface area contributed by atoms with Gasteiger partial charge in [0, 0.05) is 12.1 Å². The Morgan fingerprint density at radius 2 is 2.00 bits per heavy atom. The lowest BCUT2D eigenvalue weighted by Crippen LogP contribution is -2.52. The van der Waals surface area contributed by atoms with Gasteiger partial charge in [0.15, 0.2) is 0 Å². The monoisotopic (exact) mass is 370 g/mol. The molecule has 1 aromatic carbocycles. The van der Waals surface area contributed by atoms with E-state index in [0.29, 0.717) is 18.1 Å². The first-order valence-electron chi connectivity index (χ1n) is 9.07. The van der Waals surface area contributed by atoms with Crippen LogP contribution in [0.4, 0.5) is 5.13 Å². The van der Waals surface area contributed by atoms with Crippen molar-refractivity contribution in [2.75, 3.05) is 5.32 Å².